The van der Waals surface area contributed by atoms with Crippen molar-refractivity contribution in [3.63, 3.8) is 0 Å². The summed E-state index contributed by atoms with van der Waals surface area (Å²) in [4.78, 5) is 6.08. The topological polar surface area (TPSA) is 43.4 Å². The highest BCUT2D eigenvalue weighted by Crippen LogP contribution is 2.30. The van der Waals surface area contributed by atoms with Crippen LogP contribution in [0, 0.1) is 13.8 Å². The van der Waals surface area contributed by atoms with Gasteiger partial charge in [-0.3, -0.25) is 0 Å². The van der Waals surface area contributed by atoms with Crippen LogP contribution in [0.2, 0.25) is 0 Å². The van der Waals surface area contributed by atoms with Gasteiger partial charge in [0.1, 0.15) is 5.01 Å². The van der Waals surface area contributed by atoms with Crippen LogP contribution in [0.3, 0.4) is 0 Å². The van der Waals surface area contributed by atoms with E-state index < -0.39 is 0 Å². The quantitative estimate of drug-likeness (QED) is 0.527. The first-order valence-electron chi connectivity index (χ1n) is 9.08. The van der Waals surface area contributed by atoms with E-state index in [2.05, 4.69) is 48.1 Å². The van der Waals surface area contributed by atoms with Crippen molar-refractivity contribution in [3.05, 3.63) is 61.7 Å². The standard InChI is InChI=1S/C21H26N2O2S2/c1-5-25-20-11-16(6-7-19(20)24-4)12-22-18(10-17-8-9-26-13-17)21-23-14(2)15(3)27-21/h6-9,11,13,18,22H,5,10,12H2,1-4H3/t18-/m1/s1. The molecule has 0 fully saturated rings. The molecule has 0 spiro atoms. The lowest BCUT2D eigenvalue weighted by Crippen LogP contribution is -2.23. The Balaban J connectivity index is 1.77. The first kappa shape index (κ1) is 19.9. The SMILES string of the molecule is CCOc1cc(CN[C@H](Cc2ccsc2)c2nc(C)c(C)s2)ccc1OC. The Morgan fingerprint density at radius 3 is 2.63 bits per heavy atom. The smallest absolute Gasteiger partial charge is 0.161 e. The van der Waals surface area contributed by atoms with Crippen molar-refractivity contribution in [2.24, 2.45) is 0 Å². The number of hydrogen-bond acceptors (Lipinski definition) is 6. The summed E-state index contributed by atoms with van der Waals surface area (Å²) in [6, 6.07) is 8.47. The molecule has 0 saturated carbocycles. The summed E-state index contributed by atoms with van der Waals surface area (Å²) in [5.41, 5.74) is 3.63. The van der Waals surface area contributed by atoms with Gasteiger partial charge in [0.2, 0.25) is 0 Å². The Morgan fingerprint density at radius 1 is 1.15 bits per heavy atom. The molecule has 2 heterocycles. The number of aryl methyl sites for hydroxylation is 2. The molecule has 3 aromatic rings. The number of methoxy groups -OCH3 is 1. The van der Waals surface area contributed by atoms with E-state index in [-0.39, 0.29) is 6.04 Å². The molecule has 0 saturated heterocycles. The Morgan fingerprint density at radius 2 is 2.00 bits per heavy atom. The van der Waals surface area contributed by atoms with Crippen molar-refractivity contribution in [1.29, 1.82) is 0 Å². The summed E-state index contributed by atoms with van der Waals surface area (Å²) in [5.74, 6) is 1.55. The van der Waals surface area contributed by atoms with Gasteiger partial charge in [-0.25, -0.2) is 4.98 Å². The lowest BCUT2D eigenvalue weighted by molar-refractivity contribution is 0.310. The maximum atomic E-state index is 5.70. The van der Waals surface area contributed by atoms with Gasteiger partial charge in [0.25, 0.3) is 0 Å². The van der Waals surface area contributed by atoms with Crippen LogP contribution in [-0.4, -0.2) is 18.7 Å². The number of aromatic nitrogens is 1. The molecule has 0 amide bonds. The minimum atomic E-state index is 0.189. The summed E-state index contributed by atoms with van der Waals surface area (Å²) >= 11 is 3.52. The van der Waals surface area contributed by atoms with Crippen molar-refractivity contribution in [2.75, 3.05) is 13.7 Å². The van der Waals surface area contributed by atoms with E-state index in [0.717, 1.165) is 35.2 Å². The molecular formula is C21H26N2O2S2. The maximum absolute atomic E-state index is 5.70. The fourth-order valence-electron chi connectivity index (χ4n) is 2.88. The van der Waals surface area contributed by atoms with Gasteiger partial charge in [-0.15, -0.1) is 11.3 Å². The highest BCUT2D eigenvalue weighted by Gasteiger charge is 2.18. The van der Waals surface area contributed by atoms with Crippen LogP contribution in [0.1, 0.15) is 39.7 Å². The first-order valence-corrected chi connectivity index (χ1v) is 10.8. The van der Waals surface area contributed by atoms with Crippen LogP contribution in [0.4, 0.5) is 0 Å². The minimum Gasteiger partial charge on any atom is -0.493 e. The maximum Gasteiger partial charge on any atom is 0.161 e. The van der Waals surface area contributed by atoms with Gasteiger partial charge in [-0.2, -0.15) is 11.3 Å². The molecule has 1 N–H and O–H groups in total. The molecule has 27 heavy (non-hydrogen) atoms. The fraction of sp³-hybridized carbons (Fsp3) is 0.381. The zero-order valence-corrected chi connectivity index (χ0v) is 17.9. The molecule has 1 aromatic carbocycles. The number of rotatable bonds is 9. The lowest BCUT2D eigenvalue weighted by Gasteiger charge is -2.17. The molecule has 0 aliphatic rings. The zero-order chi connectivity index (χ0) is 19.2. The summed E-state index contributed by atoms with van der Waals surface area (Å²) in [7, 11) is 1.67. The van der Waals surface area contributed by atoms with Crippen LogP contribution >= 0.6 is 22.7 Å². The van der Waals surface area contributed by atoms with Gasteiger partial charge in [-0.05, 0) is 67.3 Å². The highest BCUT2D eigenvalue weighted by molar-refractivity contribution is 7.11. The van der Waals surface area contributed by atoms with E-state index >= 15 is 0 Å². The van der Waals surface area contributed by atoms with Crippen molar-refractivity contribution >= 4 is 22.7 Å². The van der Waals surface area contributed by atoms with E-state index in [0.29, 0.717) is 6.61 Å². The third kappa shape index (κ3) is 5.09. The van der Waals surface area contributed by atoms with Crippen molar-refractivity contribution in [3.8, 4) is 11.5 Å². The van der Waals surface area contributed by atoms with Gasteiger partial charge in [0.05, 0.1) is 25.5 Å². The number of thiazole rings is 1. The van der Waals surface area contributed by atoms with Gasteiger partial charge in [0.15, 0.2) is 11.5 Å². The van der Waals surface area contributed by atoms with E-state index in [1.807, 2.05) is 13.0 Å². The summed E-state index contributed by atoms with van der Waals surface area (Å²) in [5, 5.41) is 9.18. The molecule has 0 bridgehead atoms. The number of thiophene rings is 1. The van der Waals surface area contributed by atoms with Crippen molar-refractivity contribution in [1.82, 2.24) is 10.3 Å². The largest absolute Gasteiger partial charge is 0.493 e. The Bertz CT molecular complexity index is 840. The second-order valence-corrected chi connectivity index (χ2v) is 8.40. The van der Waals surface area contributed by atoms with Gasteiger partial charge in [0, 0.05) is 11.4 Å². The summed E-state index contributed by atoms with van der Waals surface area (Å²) < 4.78 is 11.1. The number of benzene rings is 1. The van der Waals surface area contributed by atoms with Crippen LogP contribution in [0.5, 0.6) is 11.5 Å². The van der Waals surface area contributed by atoms with Gasteiger partial charge >= 0.3 is 0 Å². The molecule has 0 radical (unpaired) electrons. The van der Waals surface area contributed by atoms with E-state index in [4.69, 9.17) is 14.5 Å². The molecule has 2 aromatic heterocycles. The molecule has 3 rings (SSSR count). The zero-order valence-electron chi connectivity index (χ0n) is 16.2. The second-order valence-electron chi connectivity index (χ2n) is 6.38. The normalized spacial score (nSPS) is 12.1. The van der Waals surface area contributed by atoms with Crippen molar-refractivity contribution < 1.29 is 9.47 Å². The van der Waals surface area contributed by atoms with E-state index in [1.165, 1.54) is 16.0 Å². The predicted molar refractivity (Wildman–Crippen MR) is 113 cm³/mol. The lowest BCUT2D eigenvalue weighted by atomic mass is 10.1. The van der Waals surface area contributed by atoms with Gasteiger partial charge in [-0.1, -0.05) is 6.07 Å². The van der Waals surface area contributed by atoms with Crippen molar-refractivity contribution in [2.45, 2.75) is 39.8 Å². The second kappa shape index (κ2) is 9.35. The summed E-state index contributed by atoms with van der Waals surface area (Å²) in [6.07, 6.45) is 0.935. The number of ether oxygens (including phenoxy) is 2. The Hall–Kier alpha value is -1.89. The first-order chi connectivity index (χ1) is 13.1. The van der Waals surface area contributed by atoms with E-state index in [1.54, 1.807) is 29.8 Å². The molecule has 6 heteroatoms. The van der Waals surface area contributed by atoms with E-state index in [9.17, 15) is 0 Å². The van der Waals surface area contributed by atoms with Crippen LogP contribution in [0.15, 0.2) is 35.0 Å². The monoisotopic (exact) mass is 402 g/mol. The average molecular weight is 403 g/mol. The summed E-state index contributed by atoms with van der Waals surface area (Å²) in [6.45, 7) is 7.56. The highest BCUT2D eigenvalue weighted by atomic mass is 32.1. The van der Waals surface area contributed by atoms with Crippen LogP contribution in [0.25, 0.3) is 0 Å². The third-order valence-corrected chi connectivity index (χ3v) is 6.36. The van der Waals surface area contributed by atoms with Crippen LogP contribution < -0.4 is 14.8 Å². The third-order valence-electron chi connectivity index (χ3n) is 4.44. The molecule has 1 atom stereocenters. The number of nitrogens with one attached hydrogen (secondary N) is 1. The fourth-order valence-corrected chi connectivity index (χ4v) is 4.56. The molecule has 0 unspecified atom stereocenters. The number of hydrogen-bond donors (Lipinski definition) is 1. The van der Waals surface area contributed by atoms with Crippen LogP contribution in [-0.2, 0) is 13.0 Å². The minimum absolute atomic E-state index is 0.189. The predicted octanol–water partition coefficient (Wildman–Crippen LogP) is 5.30. The van der Waals surface area contributed by atoms with Gasteiger partial charge < -0.3 is 14.8 Å². The molecule has 4 nitrogen and oxygen atoms in total. The molecule has 0 aliphatic carbocycles. The Labute approximate surface area is 169 Å². The molecule has 0 aliphatic heterocycles. The molecule has 144 valence electrons. The molecular weight excluding hydrogens is 376 g/mol. The number of nitrogens with zero attached hydrogens (tertiary/aromatic N) is 1. The average Bonchev–Trinajstić information content (AvgIpc) is 3.29. The Kier molecular flexibility index (Phi) is 6.88.